The lowest BCUT2D eigenvalue weighted by atomic mass is 10.2. The molecular weight excluding hydrogens is 172 g/mol. The van der Waals surface area contributed by atoms with Crippen LogP contribution < -0.4 is 0 Å². The van der Waals surface area contributed by atoms with Crippen molar-refractivity contribution in [2.75, 3.05) is 0 Å². The molecule has 0 unspecified atom stereocenters. The van der Waals surface area contributed by atoms with Crippen LogP contribution in [0.3, 0.4) is 0 Å². The van der Waals surface area contributed by atoms with Gasteiger partial charge in [0.25, 0.3) is 0 Å². The van der Waals surface area contributed by atoms with E-state index in [1.165, 1.54) is 25.7 Å². The summed E-state index contributed by atoms with van der Waals surface area (Å²) in [5.74, 6) is 0.530. The average Bonchev–Trinajstić information content (AvgIpc) is 2.18. The molecule has 0 aliphatic carbocycles. The molecular formula is C13H30O. The molecule has 0 atom stereocenters. The smallest absolute Gasteiger partial charge is 0.120 e. The van der Waals surface area contributed by atoms with Crippen molar-refractivity contribution in [1.82, 2.24) is 0 Å². The first-order valence-electron chi connectivity index (χ1n) is 6.04. The maximum Gasteiger partial charge on any atom is 0.120 e. The third kappa shape index (κ3) is 60.9. The second-order valence-electron chi connectivity index (χ2n) is 3.80. The van der Waals surface area contributed by atoms with Gasteiger partial charge in [0.05, 0.1) is 0 Å². The molecule has 0 bridgehead atoms. The molecule has 1 nitrogen and oxygen atoms in total. The lowest BCUT2D eigenvalue weighted by molar-refractivity contribution is -0.108. The van der Waals surface area contributed by atoms with Gasteiger partial charge < -0.3 is 4.79 Å². The minimum absolute atomic E-state index is 0.530. The summed E-state index contributed by atoms with van der Waals surface area (Å²) in [6, 6.07) is 0. The quantitative estimate of drug-likeness (QED) is 0.596. The van der Waals surface area contributed by atoms with Crippen molar-refractivity contribution in [1.29, 1.82) is 0 Å². The standard InChI is InChI=1S/C5H10O.2C4H10/c1-5(2)3-4-6;2*1-3-4-2/h4-5H,3H2,1-2H3;2*3-4H2,1-2H3. The molecule has 0 fully saturated rings. The fraction of sp³-hybridized carbons (Fsp3) is 0.923. The van der Waals surface area contributed by atoms with Crippen molar-refractivity contribution >= 4 is 6.29 Å². The number of aldehydes is 1. The molecule has 0 N–H and O–H groups in total. The van der Waals surface area contributed by atoms with Crippen LogP contribution in [0.15, 0.2) is 0 Å². The topological polar surface area (TPSA) is 17.1 Å². The van der Waals surface area contributed by atoms with Crippen molar-refractivity contribution in [2.24, 2.45) is 5.92 Å². The van der Waals surface area contributed by atoms with E-state index >= 15 is 0 Å². The molecule has 88 valence electrons. The highest BCUT2D eigenvalue weighted by molar-refractivity contribution is 5.49. The van der Waals surface area contributed by atoms with Crippen LogP contribution in [-0.4, -0.2) is 6.29 Å². The van der Waals surface area contributed by atoms with Crippen molar-refractivity contribution < 1.29 is 4.79 Å². The number of carbonyl (C=O) groups excluding carboxylic acids is 1. The molecule has 0 rings (SSSR count). The Balaban J connectivity index is -0.000000135. The van der Waals surface area contributed by atoms with E-state index in [1.54, 1.807) is 0 Å². The normalized spacial score (nSPS) is 8.21. The van der Waals surface area contributed by atoms with E-state index in [0.717, 1.165) is 6.29 Å². The van der Waals surface area contributed by atoms with Gasteiger partial charge in [-0.3, -0.25) is 0 Å². The van der Waals surface area contributed by atoms with E-state index in [2.05, 4.69) is 27.7 Å². The molecule has 0 heterocycles. The Morgan fingerprint density at radius 3 is 1.14 bits per heavy atom. The molecule has 0 saturated carbocycles. The summed E-state index contributed by atoms with van der Waals surface area (Å²) in [4.78, 5) is 9.62. The Morgan fingerprint density at radius 1 is 0.857 bits per heavy atom. The minimum atomic E-state index is 0.530. The van der Waals surface area contributed by atoms with Gasteiger partial charge in [0.2, 0.25) is 0 Å². The van der Waals surface area contributed by atoms with Gasteiger partial charge in [0.15, 0.2) is 0 Å². The zero-order valence-corrected chi connectivity index (χ0v) is 11.1. The van der Waals surface area contributed by atoms with Gasteiger partial charge in [-0.05, 0) is 5.92 Å². The van der Waals surface area contributed by atoms with Gasteiger partial charge >= 0.3 is 0 Å². The number of carbonyl (C=O) groups is 1. The highest BCUT2D eigenvalue weighted by Crippen LogP contribution is 1.92. The fourth-order valence-electron chi connectivity index (χ4n) is 0.192. The molecule has 0 aromatic heterocycles. The zero-order valence-electron chi connectivity index (χ0n) is 11.1. The minimum Gasteiger partial charge on any atom is -0.303 e. The van der Waals surface area contributed by atoms with Crippen LogP contribution in [0.4, 0.5) is 0 Å². The van der Waals surface area contributed by atoms with Crippen molar-refractivity contribution in [3.05, 3.63) is 0 Å². The third-order valence-electron chi connectivity index (χ3n) is 1.57. The van der Waals surface area contributed by atoms with Gasteiger partial charge in [-0.1, -0.05) is 67.2 Å². The molecule has 14 heavy (non-hydrogen) atoms. The summed E-state index contributed by atoms with van der Waals surface area (Å²) in [5.41, 5.74) is 0. The Hall–Kier alpha value is -0.330. The van der Waals surface area contributed by atoms with E-state index in [4.69, 9.17) is 0 Å². The number of unbranched alkanes of at least 4 members (excludes halogenated alkanes) is 2. The Labute approximate surface area is 91.3 Å². The van der Waals surface area contributed by atoms with E-state index in [9.17, 15) is 4.79 Å². The van der Waals surface area contributed by atoms with Crippen LogP contribution in [0, 0.1) is 5.92 Å². The fourth-order valence-corrected chi connectivity index (χ4v) is 0.192. The predicted octanol–water partition coefficient (Wildman–Crippen LogP) is 4.84. The van der Waals surface area contributed by atoms with Gasteiger partial charge in [-0.2, -0.15) is 0 Å². The van der Waals surface area contributed by atoms with Crippen molar-refractivity contribution in [3.63, 3.8) is 0 Å². The largest absolute Gasteiger partial charge is 0.303 e. The van der Waals surface area contributed by atoms with Crippen LogP contribution in [0.1, 0.15) is 73.6 Å². The summed E-state index contributed by atoms with van der Waals surface area (Å²) >= 11 is 0. The highest BCUT2D eigenvalue weighted by atomic mass is 16.1. The number of hydrogen-bond acceptors (Lipinski definition) is 1. The predicted molar refractivity (Wildman–Crippen MR) is 66.7 cm³/mol. The molecule has 0 aliphatic heterocycles. The van der Waals surface area contributed by atoms with E-state index in [1.807, 2.05) is 13.8 Å². The van der Waals surface area contributed by atoms with Gasteiger partial charge in [0.1, 0.15) is 6.29 Å². The Kier molecular flexibility index (Phi) is 31.6. The SMILES string of the molecule is CC(C)CC=O.CCCC.CCCC. The Bertz CT molecular complexity index is 69.3. The maximum absolute atomic E-state index is 9.62. The van der Waals surface area contributed by atoms with Crippen molar-refractivity contribution in [3.8, 4) is 0 Å². The molecule has 0 aromatic rings. The van der Waals surface area contributed by atoms with Gasteiger partial charge in [-0.15, -0.1) is 0 Å². The summed E-state index contributed by atoms with van der Waals surface area (Å²) in [6.07, 6.45) is 6.92. The second-order valence-corrected chi connectivity index (χ2v) is 3.80. The highest BCUT2D eigenvalue weighted by Gasteiger charge is 1.85. The van der Waals surface area contributed by atoms with Crippen LogP contribution in [0.5, 0.6) is 0 Å². The molecule has 1 heteroatoms. The molecule has 0 radical (unpaired) electrons. The van der Waals surface area contributed by atoms with E-state index in [-0.39, 0.29) is 0 Å². The second kappa shape index (κ2) is 23.0. The maximum atomic E-state index is 9.62. The van der Waals surface area contributed by atoms with Crippen molar-refractivity contribution in [2.45, 2.75) is 73.6 Å². The molecule has 0 aliphatic rings. The zero-order chi connectivity index (χ0) is 11.8. The first-order valence-corrected chi connectivity index (χ1v) is 6.04. The lowest BCUT2D eigenvalue weighted by Crippen LogP contribution is -1.84. The first kappa shape index (κ1) is 19.3. The van der Waals surface area contributed by atoms with E-state index < -0.39 is 0 Å². The Morgan fingerprint density at radius 2 is 1.14 bits per heavy atom. The number of hydrogen-bond donors (Lipinski definition) is 0. The lowest BCUT2D eigenvalue weighted by Gasteiger charge is -1.89. The summed E-state index contributed by atoms with van der Waals surface area (Å²) in [5, 5.41) is 0. The molecule has 0 aromatic carbocycles. The summed E-state index contributed by atoms with van der Waals surface area (Å²) in [6.45, 7) is 12.8. The third-order valence-corrected chi connectivity index (χ3v) is 1.57. The number of rotatable bonds is 4. The molecule has 0 amide bonds. The van der Waals surface area contributed by atoms with Crippen LogP contribution >= 0.6 is 0 Å². The molecule has 0 spiro atoms. The van der Waals surface area contributed by atoms with Gasteiger partial charge in [0, 0.05) is 6.42 Å². The summed E-state index contributed by atoms with van der Waals surface area (Å²) in [7, 11) is 0. The molecule has 0 saturated heterocycles. The summed E-state index contributed by atoms with van der Waals surface area (Å²) < 4.78 is 0. The average molecular weight is 202 g/mol. The van der Waals surface area contributed by atoms with Crippen LogP contribution in [0.25, 0.3) is 0 Å². The monoisotopic (exact) mass is 202 g/mol. The van der Waals surface area contributed by atoms with E-state index in [0.29, 0.717) is 12.3 Å². The van der Waals surface area contributed by atoms with Gasteiger partial charge in [-0.25, -0.2) is 0 Å². The van der Waals surface area contributed by atoms with Crippen LogP contribution in [0.2, 0.25) is 0 Å². The van der Waals surface area contributed by atoms with Crippen LogP contribution in [-0.2, 0) is 4.79 Å². The first-order chi connectivity index (χ1) is 6.60.